The molecule has 6 rings (SSSR count). The van der Waals surface area contributed by atoms with E-state index in [9.17, 15) is 4.79 Å². The first-order chi connectivity index (χ1) is 9.31. The van der Waals surface area contributed by atoms with Crippen molar-refractivity contribution in [2.75, 3.05) is 6.54 Å². The maximum Gasteiger partial charge on any atom is 0.259 e. The number of hydrogen-bond acceptors (Lipinski definition) is 2. The highest BCUT2D eigenvalue weighted by Crippen LogP contribution is 2.47. The van der Waals surface area contributed by atoms with E-state index in [2.05, 4.69) is 17.5 Å². The fraction of sp³-hybridized carbons (Fsp3) is 0.438. The lowest BCUT2D eigenvalue weighted by Crippen LogP contribution is -2.63. The number of carbonyl (C=O) groups excluding carboxylic acids is 1. The van der Waals surface area contributed by atoms with E-state index >= 15 is 0 Å². The summed E-state index contributed by atoms with van der Waals surface area (Å²) >= 11 is 0. The van der Waals surface area contributed by atoms with Crippen LogP contribution in [0.15, 0.2) is 30.3 Å². The van der Waals surface area contributed by atoms with Crippen LogP contribution in [0.25, 0.3) is 5.70 Å². The molecule has 1 saturated carbocycles. The third-order valence-electron chi connectivity index (χ3n) is 5.33. The van der Waals surface area contributed by atoms with Gasteiger partial charge in [-0.1, -0.05) is 24.3 Å². The van der Waals surface area contributed by atoms with Gasteiger partial charge >= 0.3 is 0 Å². The minimum absolute atomic E-state index is 0.182. The van der Waals surface area contributed by atoms with Gasteiger partial charge in [0.1, 0.15) is 0 Å². The van der Waals surface area contributed by atoms with E-state index in [-0.39, 0.29) is 5.91 Å². The second kappa shape index (κ2) is 3.28. The zero-order chi connectivity index (χ0) is 12.6. The van der Waals surface area contributed by atoms with Crippen molar-refractivity contribution in [1.29, 1.82) is 0 Å². The predicted molar refractivity (Wildman–Crippen MR) is 72.4 cm³/mol. The van der Waals surface area contributed by atoms with Gasteiger partial charge < -0.3 is 10.2 Å². The molecule has 2 bridgehead atoms. The number of nitrogens with one attached hydrogen (secondary N) is 1. The van der Waals surface area contributed by atoms with E-state index in [0.717, 1.165) is 29.3 Å². The molecule has 19 heavy (non-hydrogen) atoms. The van der Waals surface area contributed by atoms with Crippen molar-refractivity contribution in [2.24, 2.45) is 11.8 Å². The van der Waals surface area contributed by atoms with Gasteiger partial charge in [0.15, 0.2) is 0 Å². The Morgan fingerprint density at radius 1 is 1.16 bits per heavy atom. The Hall–Kier alpha value is -1.61. The van der Waals surface area contributed by atoms with E-state index in [0.29, 0.717) is 18.0 Å². The molecule has 4 heterocycles. The van der Waals surface area contributed by atoms with Crippen LogP contribution in [0.3, 0.4) is 0 Å². The number of piperidine rings is 2. The van der Waals surface area contributed by atoms with Crippen LogP contribution in [-0.2, 0) is 0 Å². The quantitative estimate of drug-likeness (QED) is 0.764. The smallest absolute Gasteiger partial charge is 0.259 e. The van der Waals surface area contributed by atoms with Gasteiger partial charge in [0.25, 0.3) is 5.91 Å². The first kappa shape index (κ1) is 10.2. The van der Waals surface area contributed by atoms with Gasteiger partial charge in [-0.25, -0.2) is 0 Å². The van der Waals surface area contributed by atoms with Crippen molar-refractivity contribution in [3.63, 3.8) is 0 Å². The number of rotatable bonds is 0. The maximum atomic E-state index is 12.5. The maximum absolute atomic E-state index is 12.5. The highest BCUT2D eigenvalue weighted by atomic mass is 16.2. The van der Waals surface area contributed by atoms with Gasteiger partial charge in [0, 0.05) is 35.5 Å². The first-order valence-electron chi connectivity index (χ1n) is 7.20. The molecule has 0 unspecified atom stereocenters. The molecule has 1 aliphatic carbocycles. The highest BCUT2D eigenvalue weighted by Gasteiger charge is 2.49. The summed E-state index contributed by atoms with van der Waals surface area (Å²) in [5.74, 6) is 1.64. The summed E-state index contributed by atoms with van der Waals surface area (Å²) < 4.78 is 0. The molecule has 5 aliphatic rings. The molecule has 1 aromatic carbocycles. The Morgan fingerprint density at radius 2 is 1.95 bits per heavy atom. The van der Waals surface area contributed by atoms with E-state index < -0.39 is 0 Å². The van der Waals surface area contributed by atoms with Crippen LogP contribution in [0.5, 0.6) is 0 Å². The normalized spacial score (nSPS) is 38.0. The van der Waals surface area contributed by atoms with Crippen molar-refractivity contribution in [3.05, 3.63) is 41.5 Å². The Kier molecular flexibility index (Phi) is 1.76. The molecule has 0 aromatic heterocycles. The lowest BCUT2D eigenvalue weighted by molar-refractivity contribution is 0.0478. The molecule has 3 nitrogen and oxygen atoms in total. The fourth-order valence-corrected chi connectivity index (χ4v) is 4.31. The lowest BCUT2D eigenvalue weighted by Gasteiger charge is -2.53. The molecule has 0 radical (unpaired) electrons. The zero-order valence-electron chi connectivity index (χ0n) is 10.7. The average molecular weight is 252 g/mol. The topological polar surface area (TPSA) is 32.3 Å². The van der Waals surface area contributed by atoms with Crippen LogP contribution >= 0.6 is 0 Å². The summed E-state index contributed by atoms with van der Waals surface area (Å²) in [7, 11) is 0. The van der Waals surface area contributed by atoms with Crippen molar-refractivity contribution in [2.45, 2.75) is 24.9 Å². The minimum Gasteiger partial charge on any atom is -0.309 e. The number of amides is 1. The van der Waals surface area contributed by atoms with E-state index in [4.69, 9.17) is 0 Å². The Morgan fingerprint density at radius 3 is 2.79 bits per heavy atom. The first-order valence-corrected chi connectivity index (χ1v) is 7.20. The summed E-state index contributed by atoms with van der Waals surface area (Å²) in [6.45, 7) is 0.844. The SMILES string of the molecule is O=C1c2ccccc2C2=C[C@H]3C4CC(C4)N[C@@H]3CN12. The molecule has 0 spiro atoms. The molecule has 2 atom stereocenters. The van der Waals surface area contributed by atoms with Gasteiger partial charge in [-0.2, -0.15) is 0 Å². The van der Waals surface area contributed by atoms with E-state index in [1.54, 1.807) is 0 Å². The van der Waals surface area contributed by atoms with Crippen molar-refractivity contribution in [1.82, 2.24) is 10.2 Å². The molecular weight excluding hydrogens is 236 g/mol. The molecular formula is C16H16N2O. The summed E-state index contributed by atoms with van der Waals surface area (Å²) in [6.07, 6.45) is 5.01. The third kappa shape index (κ3) is 1.19. The molecule has 96 valence electrons. The van der Waals surface area contributed by atoms with Gasteiger partial charge in [-0.15, -0.1) is 0 Å². The standard InChI is InChI=1S/C16H16N2O/c19-16-12-4-2-1-3-11(12)15-7-13-9-5-10(6-9)17-14(13)8-18(15)16/h1-4,7,9-10,13-14,17H,5-6,8H2/t9?,10?,13-,14+/m0/s1. The van der Waals surface area contributed by atoms with Crippen molar-refractivity contribution >= 4 is 11.6 Å². The van der Waals surface area contributed by atoms with Gasteiger partial charge in [0.05, 0.1) is 0 Å². The molecule has 3 heteroatoms. The van der Waals surface area contributed by atoms with Gasteiger partial charge in [0.2, 0.25) is 0 Å². The number of carbonyl (C=O) groups is 1. The minimum atomic E-state index is 0.182. The zero-order valence-corrected chi connectivity index (χ0v) is 10.7. The van der Waals surface area contributed by atoms with Crippen LogP contribution < -0.4 is 5.32 Å². The highest BCUT2D eigenvalue weighted by molar-refractivity contribution is 6.09. The molecule has 4 aliphatic heterocycles. The molecule has 1 amide bonds. The van der Waals surface area contributed by atoms with Crippen LogP contribution in [0.2, 0.25) is 0 Å². The number of hydrogen-bond donors (Lipinski definition) is 1. The summed E-state index contributed by atoms with van der Waals surface area (Å²) in [6, 6.07) is 9.20. The van der Waals surface area contributed by atoms with Crippen molar-refractivity contribution < 1.29 is 4.79 Å². The molecule has 1 aromatic rings. The Labute approximate surface area is 112 Å². The van der Waals surface area contributed by atoms with E-state index in [1.165, 1.54) is 12.8 Å². The summed E-state index contributed by atoms with van der Waals surface area (Å²) in [5.41, 5.74) is 3.17. The lowest BCUT2D eigenvalue weighted by atomic mass is 9.64. The predicted octanol–water partition coefficient (Wildman–Crippen LogP) is 1.86. The van der Waals surface area contributed by atoms with Crippen LogP contribution in [0, 0.1) is 11.8 Å². The monoisotopic (exact) mass is 252 g/mol. The second-order valence-corrected chi connectivity index (χ2v) is 6.29. The van der Waals surface area contributed by atoms with Crippen LogP contribution in [0.1, 0.15) is 28.8 Å². The largest absolute Gasteiger partial charge is 0.309 e. The number of fused-ring (bicyclic) bond motifs is 3. The summed E-state index contributed by atoms with van der Waals surface area (Å²) in [5, 5.41) is 3.71. The van der Waals surface area contributed by atoms with Gasteiger partial charge in [-0.3, -0.25) is 4.79 Å². The van der Waals surface area contributed by atoms with Gasteiger partial charge in [-0.05, 0) is 30.7 Å². The molecule has 2 saturated heterocycles. The van der Waals surface area contributed by atoms with Crippen molar-refractivity contribution in [3.8, 4) is 0 Å². The molecule has 3 fully saturated rings. The second-order valence-electron chi connectivity index (χ2n) is 6.29. The van der Waals surface area contributed by atoms with E-state index in [1.807, 2.05) is 23.1 Å². The number of benzene rings is 1. The third-order valence-corrected chi connectivity index (χ3v) is 5.33. The fourth-order valence-electron chi connectivity index (χ4n) is 4.31. The summed E-state index contributed by atoms with van der Waals surface area (Å²) in [4.78, 5) is 14.4. The number of nitrogens with zero attached hydrogens (tertiary/aromatic N) is 1. The van der Waals surface area contributed by atoms with Crippen LogP contribution in [-0.4, -0.2) is 29.4 Å². The average Bonchev–Trinajstić information content (AvgIpc) is 2.69. The molecule has 1 N–H and O–H groups in total. The van der Waals surface area contributed by atoms with Crippen LogP contribution in [0.4, 0.5) is 0 Å². The Bertz CT molecular complexity index is 615. The Balaban J connectivity index is 1.64.